The number of amides is 2. The summed E-state index contributed by atoms with van der Waals surface area (Å²) in [6.07, 6.45) is -6.65. The number of thioether (sulfide) groups is 1. The van der Waals surface area contributed by atoms with E-state index >= 15 is 0 Å². The van der Waals surface area contributed by atoms with Gasteiger partial charge in [-0.1, -0.05) is 62.0 Å². The van der Waals surface area contributed by atoms with Gasteiger partial charge in [-0.3, -0.25) is 32.5 Å². The molecule has 0 bridgehead atoms. The van der Waals surface area contributed by atoms with Gasteiger partial charge in [-0.05, 0) is 43.7 Å². The molecule has 0 saturated carbocycles. The third kappa shape index (κ3) is 16.6. The number of phosphoric acid groups is 3. The number of halogens is 1. The van der Waals surface area contributed by atoms with E-state index in [1.807, 2.05) is 38.1 Å². The molecule has 9 atom stereocenters. The Bertz CT molecular complexity index is 3070. The molecule has 2 aromatic carbocycles. The molecule has 5 aromatic rings. The van der Waals surface area contributed by atoms with Crippen LogP contribution in [0.1, 0.15) is 64.9 Å². The maximum atomic E-state index is 13.8. The summed E-state index contributed by atoms with van der Waals surface area (Å²) in [4.78, 5) is 89.1. The lowest BCUT2D eigenvalue weighted by Gasteiger charge is -2.30. The molecule has 6 rings (SSSR count). The molecular weight excluding hydrogens is 1100 g/mol. The largest absolute Gasteiger partial charge is 0.481 e. The molecule has 1 aliphatic rings. The Morgan fingerprint density at radius 3 is 2.34 bits per heavy atom. The van der Waals surface area contributed by atoms with Crippen LogP contribution in [0.25, 0.3) is 39.3 Å². The van der Waals surface area contributed by atoms with Gasteiger partial charge in [0.25, 0.3) is 0 Å². The van der Waals surface area contributed by atoms with Crippen molar-refractivity contribution in [1.29, 1.82) is 0 Å². The first kappa shape index (κ1) is 61.3. The van der Waals surface area contributed by atoms with Crippen molar-refractivity contribution in [2.75, 3.05) is 37.8 Å². The Balaban J connectivity index is 0.886. The Labute approximate surface area is 443 Å². The van der Waals surface area contributed by atoms with Crippen molar-refractivity contribution < 1.29 is 95.1 Å². The summed E-state index contributed by atoms with van der Waals surface area (Å²) in [6.45, 7) is 4.15. The van der Waals surface area contributed by atoms with E-state index in [2.05, 4.69) is 39.0 Å². The van der Waals surface area contributed by atoms with Crippen LogP contribution in [0.15, 0.2) is 67.3 Å². The van der Waals surface area contributed by atoms with Crippen LogP contribution in [0.5, 0.6) is 0 Å². The molecule has 4 heterocycles. The number of rotatable bonds is 27. The maximum absolute atomic E-state index is 13.8. The van der Waals surface area contributed by atoms with Gasteiger partial charge in [0.15, 0.2) is 22.8 Å². The van der Waals surface area contributed by atoms with Crippen molar-refractivity contribution in [3.8, 4) is 11.1 Å². The van der Waals surface area contributed by atoms with Crippen molar-refractivity contribution in [1.82, 2.24) is 34.7 Å². The number of nitrogens with one attached hydrogen (secondary N) is 2. The topological polar surface area (TPSA) is 409 Å². The molecule has 7 unspecified atom stereocenters. The number of nitrogens with zero attached hydrogens (tertiary/aromatic N) is 5. The minimum Gasteiger partial charge on any atom is -0.393 e. The van der Waals surface area contributed by atoms with Gasteiger partial charge in [-0.15, -0.1) is 0 Å². The normalized spacial score (nSPS) is 20.1. The number of benzene rings is 2. The standard InChI is InChI=1S/C45H60FN8O19P3S/c1-25(2)54-31-8-6-5-7-30(31)36(26-9-11-27(46)12-10-26)32(54)14-13-28(55)19-29(56)20-35(58)77-18-17-48-34(57)15-16-49-43(61)40(60)45(3,4)22-70-76(67,68)73-75(65,66)69-21-33-39(72-74(62,63)64)38(59)44(71-33)53-24-52-37-41(47)50-23-51-42(37)53/h5-14,23-25,28-29,33,38-40,44,55-56,59-60H,15-22H2,1-4H3,(H,48,57)(H,49,61)(H,65,66)(H,67,68)(H2,47,50,51)(H2,62,63,64)/b14-13+/t28-,29-,33?,38?,39?,40?,44?/m0/s1. The summed E-state index contributed by atoms with van der Waals surface area (Å²) in [5, 5.41) is 48.6. The van der Waals surface area contributed by atoms with E-state index < -0.39 is 102 Å². The summed E-state index contributed by atoms with van der Waals surface area (Å²) in [7, 11) is -16.5. The number of nitrogen functional groups attached to an aromatic ring is 1. The van der Waals surface area contributed by atoms with E-state index in [1.54, 1.807) is 18.2 Å². The highest BCUT2D eigenvalue weighted by atomic mass is 32.2. The number of fused-ring (bicyclic) bond motifs is 2. The number of aliphatic hydroxyl groups excluding tert-OH is 4. The lowest BCUT2D eigenvalue weighted by molar-refractivity contribution is -0.137. The molecule has 0 radical (unpaired) electrons. The lowest BCUT2D eigenvalue weighted by atomic mass is 9.87. The van der Waals surface area contributed by atoms with E-state index in [0.29, 0.717) is 0 Å². The number of phosphoric ester groups is 3. The van der Waals surface area contributed by atoms with Gasteiger partial charge in [-0.25, -0.2) is 33.0 Å². The second-order valence-electron chi connectivity index (χ2n) is 18.6. The first-order valence-corrected chi connectivity index (χ1v) is 29.0. The van der Waals surface area contributed by atoms with Crippen LogP contribution >= 0.6 is 35.2 Å². The monoisotopic (exact) mass is 1160 g/mol. The molecule has 422 valence electrons. The highest BCUT2D eigenvalue weighted by Gasteiger charge is 2.50. The molecule has 77 heavy (non-hydrogen) atoms. The van der Waals surface area contributed by atoms with Gasteiger partial charge >= 0.3 is 23.5 Å². The van der Waals surface area contributed by atoms with Crippen LogP contribution in [-0.2, 0) is 50.7 Å². The number of anilines is 1. The van der Waals surface area contributed by atoms with Crippen molar-refractivity contribution in [3.63, 3.8) is 0 Å². The van der Waals surface area contributed by atoms with Gasteiger partial charge in [0.05, 0.1) is 31.7 Å². The van der Waals surface area contributed by atoms with E-state index in [9.17, 15) is 72.5 Å². The fourth-order valence-corrected chi connectivity index (χ4v) is 11.7. The number of ether oxygens (including phenoxy) is 1. The van der Waals surface area contributed by atoms with Gasteiger partial charge < -0.3 is 65.7 Å². The minimum absolute atomic E-state index is 0.0136. The lowest BCUT2D eigenvalue weighted by Crippen LogP contribution is -2.46. The quantitative estimate of drug-likeness (QED) is 0.0265. The number of carbonyl (C=O) groups is 3. The number of aromatic nitrogens is 5. The SMILES string of the molecule is CC(C)n1c(/C=C/[C@H](O)C[C@H](O)CC(=O)SCCNC(=O)CCNC(=O)C(O)C(C)(C)COP(=O)(O)OP(=O)(O)OCC2OC(n3cnc4c(N)ncnc43)C(O)C2OP(=O)(O)O)c(-c2ccc(F)cc2)c2ccccc21. The van der Waals surface area contributed by atoms with Crippen LogP contribution in [0.3, 0.4) is 0 Å². The van der Waals surface area contributed by atoms with Crippen LogP contribution in [0.4, 0.5) is 10.2 Å². The number of nitrogens with two attached hydrogens (primary N) is 1. The molecule has 0 aliphatic carbocycles. The number of aliphatic hydroxyl groups is 4. The van der Waals surface area contributed by atoms with Gasteiger partial charge in [0, 0.05) is 71.7 Å². The van der Waals surface area contributed by atoms with E-state index in [-0.39, 0.29) is 66.9 Å². The van der Waals surface area contributed by atoms with Crippen molar-refractivity contribution in [2.24, 2.45) is 5.41 Å². The zero-order valence-corrected chi connectivity index (χ0v) is 45.2. The summed E-state index contributed by atoms with van der Waals surface area (Å²) in [6, 6.07) is 13.9. The van der Waals surface area contributed by atoms with E-state index in [1.165, 1.54) is 32.1 Å². The Morgan fingerprint density at radius 2 is 1.65 bits per heavy atom. The highest BCUT2D eigenvalue weighted by molar-refractivity contribution is 8.13. The molecule has 1 fully saturated rings. The highest BCUT2D eigenvalue weighted by Crippen LogP contribution is 2.61. The molecular formula is C45H60FN8O19P3S. The van der Waals surface area contributed by atoms with E-state index in [0.717, 1.165) is 56.7 Å². The molecule has 3 aromatic heterocycles. The predicted molar refractivity (Wildman–Crippen MR) is 275 cm³/mol. The fraction of sp³-hybridized carbons (Fsp3) is 0.467. The van der Waals surface area contributed by atoms with Gasteiger partial charge in [0.2, 0.25) is 11.8 Å². The van der Waals surface area contributed by atoms with Gasteiger partial charge in [-0.2, -0.15) is 4.31 Å². The van der Waals surface area contributed by atoms with Crippen molar-refractivity contribution in [3.05, 3.63) is 78.8 Å². The molecule has 1 saturated heterocycles. The number of hydrogen-bond acceptors (Lipinski definition) is 20. The van der Waals surface area contributed by atoms with Crippen LogP contribution < -0.4 is 16.4 Å². The third-order valence-corrected chi connectivity index (χ3v) is 15.8. The molecule has 1 aliphatic heterocycles. The first-order valence-electron chi connectivity index (χ1n) is 23.5. The zero-order chi connectivity index (χ0) is 56.6. The Hall–Kier alpha value is -4.87. The molecule has 27 nitrogen and oxygen atoms in total. The Morgan fingerprint density at radius 1 is 0.961 bits per heavy atom. The number of carbonyl (C=O) groups excluding carboxylic acids is 3. The average Bonchev–Trinajstić information content (AvgIpc) is 4.02. The summed E-state index contributed by atoms with van der Waals surface area (Å²) in [5.41, 5.74) is 7.54. The molecule has 2 amide bonds. The smallest absolute Gasteiger partial charge is 0.393 e. The van der Waals surface area contributed by atoms with Gasteiger partial charge in [0.1, 0.15) is 42.1 Å². The molecule has 32 heteroatoms. The zero-order valence-electron chi connectivity index (χ0n) is 41.7. The number of hydrogen-bond donors (Lipinski definition) is 11. The first-order chi connectivity index (χ1) is 36.1. The fourth-order valence-electron chi connectivity index (χ4n) is 8.11. The summed E-state index contributed by atoms with van der Waals surface area (Å²) in [5.74, 6) is -1.87. The maximum Gasteiger partial charge on any atom is 0.481 e. The van der Waals surface area contributed by atoms with Crippen LogP contribution in [-0.4, -0.2) is 150 Å². The van der Waals surface area contributed by atoms with Crippen molar-refractivity contribution in [2.45, 2.75) is 95.9 Å². The summed E-state index contributed by atoms with van der Waals surface area (Å²) >= 11 is 0.854. The summed E-state index contributed by atoms with van der Waals surface area (Å²) < 4.78 is 78.5. The molecule has 0 spiro atoms. The predicted octanol–water partition coefficient (Wildman–Crippen LogP) is 3.22. The number of para-hydroxylation sites is 1. The van der Waals surface area contributed by atoms with Crippen LogP contribution in [0.2, 0.25) is 0 Å². The van der Waals surface area contributed by atoms with Crippen LogP contribution in [0, 0.1) is 11.2 Å². The Kier molecular flexibility index (Phi) is 20.7. The third-order valence-electron chi connectivity index (χ3n) is 11.8. The second kappa shape index (κ2) is 25.9. The minimum atomic E-state index is -5.62. The average molecular weight is 1160 g/mol. The number of imidazole rings is 1. The van der Waals surface area contributed by atoms with Crippen molar-refractivity contribution >= 4 is 86.1 Å². The van der Waals surface area contributed by atoms with E-state index in [4.69, 9.17) is 19.5 Å². The second-order valence-corrected chi connectivity index (χ2v) is 23.9. The molecule has 12 N–H and O–H groups in total.